The van der Waals surface area contributed by atoms with Gasteiger partial charge in [-0.25, -0.2) is 12.8 Å². The number of aliphatic hydroxyl groups excluding tert-OH is 1. The molecule has 0 amide bonds. The Hall–Kier alpha value is -1.76. The van der Waals surface area contributed by atoms with Crippen molar-refractivity contribution in [3.63, 3.8) is 0 Å². The molecule has 22 heavy (non-hydrogen) atoms. The van der Waals surface area contributed by atoms with Gasteiger partial charge in [0.2, 0.25) is 0 Å². The summed E-state index contributed by atoms with van der Waals surface area (Å²) in [7, 11) is -3.70. The smallest absolute Gasteiger partial charge is 0.183 e. The van der Waals surface area contributed by atoms with Crippen molar-refractivity contribution in [2.75, 3.05) is 6.61 Å². The minimum Gasteiger partial charge on any atom is -0.394 e. The fraction of sp³-hybridized carbons (Fsp3) is 0.250. The van der Waals surface area contributed by atoms with Crippen molar-refractivity contribution < 1.29 is 17.9 Å². The van der Waals surface area contributed by atoms with Crippen molar-refractivity contribution in [2.45, 2.75) is 21.6 Å². The first-order valence-corrected chi connectivity index (χ1v) is 8.40. The van der Waals surface area contributed by atoms with E-state index in [2.05, 4.69) is 0 Å². The lowest BCUT2D eigenvalue weighted by molar-refractivity contribution is 0.253. The van der Waals surface area contributed by atoms with Gasteiger partial charge in [0.1, 0.15) is 5.82 Å². The van der Waals surface area contributed by atoms with E-state index in [0.717, 1.165) is 0 Å². The van der Waals surface area contributed by atoms with Crippen LogP contribution in [0.3, 0.4) is 0 Å². The summed E-state index contributed by atoms with van der Waals surface area (Å²) in [4.78, 5) is 0.155. The fourth-order valence-electron chi connectivity index (χ4n) is 3.02. The lowest BCUT2D eigenvalue weighted by Gasteiger charge is -2.08. The maximum absolute atomic E-state index is 13.4. The molecule has 0 radical (unpaired) electrons. The molecule has 0 unspecified atom stereocenters. The molecule has 0 saturated heterocycles. The molecule has 3 N–H and O–H groups in total. The Labute approximate surface area is 128 Å². The summed E-state index contributed by atoms with van der Waals surface area (Å²) < 4.78 is 38.9. The van der Waals surface area contributed by atoms with Gasteiger partial charge in [0, 0.05) is 5.92 Å². The van der Waals surface area contributed by atoms with Gasteiger partial charge in [-0.2, -0.15) is 0 Å². The third-order valence-corrected chi connectivity index (χ3v) is 6.50. The lowest BCUT2D eigenvalue weighted by Crippen LogP contribution is -2.35. The van der Waals surface area contributed by atoms with Gasteiger partial charge in [-0.3, -0.25) is 0 Å². The summed E-state index contributed by atoms with van der Waals surface area (Å²) in [5.74, 6) is -1.08. The Kier molecular flexibility index (Phi) is 3.55. The first-order chi connectivity index (χ1) is 10.4. The second-order valence-electron chi connectivity index (χ2n) is 5.58. The molecule has 0 aromatic heterocycles. The number of sulfone groups is 1. The van der Waals surface area contributed by atoms with Gasteiger partial charge in [0.25, 0.3) is 0 Å². The maximum Gasteiger partial charge on any atom is 0.183 e. The van der Waals surface area contributed by atoms with Crippen molar-refractivity contribution in [3.8, 4) is 0 Å². The second-order valence-corrected chi connectivity index (χ2v) is 7.65. The van der Waals surface area contributed by atoms with Crippen molar-refractivity contribution in [1.29, 1.82) is 0 Å². The van der Waals surface area contributed by atoms with Crippen molar-refractivity contribution in [1.82, 2.24) is 0 Å². The Morgan fingerprint density at radius 1 is 1.14 bits per heavy atom. The predicted octanol–water partition coefficient (Wildman–Crippen LogP) is 1.46. The van der Waals surface area contributed by atoms with Crippen molar-refractivity contribution >= 4 is 9.84 Å². The molecule has 3 rings (SSSR count). The van der Waals surface area contributed by atoms with E-state index >= 15 is 0 Å². The molecule has 1 saturated carbocycles. The zero-order valence-electron chi connectivity index (χ0n) is 11.7. The molecule has 0 bridgehead atoms. The highest BCUT2D eigenvalue weighted by atomic mass is 32.2. The summed E-state index contributed by atoms with van der Waals surface area (Å²) in [6.07, 6.45) is 0. The van der Waals surface area contributed by atoms with Crippen LogP contribution in [0.25, 0.3) is 0 Å². The number of hydrogen-bond donors (Lipinski definition) is 2. The highest BCUT2D eigenvalue weighted by Crippen LogP contribution is 2.55. The van der Waals surface area contributed by atoms with Crippen molar-refractivity contribution in [2.24, 2.45) is 5.73 Å². The molecule has 4 nitrogen and oxygen atoms in total. The third-order valence-electron chi connectivity index (χ3n) is 4.19. The zero-order chi connectivity index (χ0) is 16.0. The van der Waals surface area contributed by atoms with Crippen LogP contribution in [-0.4, -0.2) is 30.9 Å². The predicted molar refractivity (Wildman–Crippen MR) is 80.6 cm³/mol. The van der Waals surface area contributed by atoms with Crippen LogP contribution < -0.4 is 5.73 Å². The monoisotopic (exact) mass is 321 g/mol. The highest BCUT2D eigenvalue weighted by molar-refractivity contribution is 7.92. The van der Waals surface area contributed by atoms with Crippen LogP contribution in [0.5, 0.6) is 0 Å². The number of benzene rings is 2. The van der Waals surface area contributed by atoms with E-state index in [-0.39, 0.29) is 4.90 Å². The van der Waals surface area contributed by atoms with Crippen LogP contribution in [0.15, 0.2) is 59.5 Å². The second kappa shape index (κ2) is 5.15. The van der Waals surface area contributed by atoms with E-state index in [4.69, 9.17) is 5.73 Å². The highest BCUT2D eigenvalue weighted by Gasteiger charge is 2.69. The van der Waals surface area contributed by atoms with Gasteiger partial charge < -0.3 is 10.8 Å². The van der Waals surface area contributed by atoms with Gasteiger partial charge in [0.05, 0.1) is 22.3 Å². The molecule has 2 aromatic rings. The minimum atomic E-state index is -3.70. The summed E-state index contributed by atoms with van der Waals surface area (Å²) in [5.41, 5.74) is 5.29. The van der Waals surface area contributed by atoms with E-state index in [1.165, 1.54) is 30.3 Å². The first kappa shape index (κ1) is 15.1. The molecule has 3 atom stereocenters. The largest absolute Gasteiger partial charge is 0.394 e. The molecule has 1 aliphatic carbocycles. The van der Waals surface area contributed by atoms with E-state index in [1.54, 1.807) is 24.3 Å². The number of halogens is 1. The Morgan fingerprint density at radius 3 is 2.41 bits per heavy atom. The van der Waals surface area contributed by atoms with Crippen LogP contribution in [0.4, 0.5) is 4.39 Å². The Bertz CT molecular complexity index is 794. The molecule has 1 fully saturated rings. The number of nitrogens with two attached hydrogens (primary N) is 1. The zero-order valence-corrected chi connectivity index (χ0v) is 12.5. The van der Waals surface area contributed by atoms with Gasteiger partial charge in [-0.1, -0.05) is 30.3 Å². The number of rotatable bonds is 4. The van der Waals surface area contributed by atoms with E-state index in [9.17, 15) is 17.9 Å². The minimum absolute atomic E-state index is 0.155. The molecule has 1 aliphatic rings. The van der Waals surface area contributed by atoms with E-state index in [0.29, 0.717) is 5.56 Å². The number of aliphatic hydroxyl groups is 1. The molecule has 2 aromatic carbocycles. The standard InChI is InChI=1S/C16H16FNO3S/c17-12-6-4-5-11(9-12)14-15(16(14,18)10-19)22(20,21)13-7-2-1-3-8-13/h1-9,14-15,19H,10,18H2/t14-,15-,16+/m0/s1. The molecule has 0 spiro atoms. The topological polar surface area (TPSA) is 80.4 Å². The van der Waals surface area contributed by atoms with Gasteiger partial charge in [0.15, 0.2) is 9.84 Å². The average molecular weight is 321 g/mol. The molecule has 0 aliphatic heterocycles. The summed E-state index contributed by atoms with van der Waals surface area (Å²) >= 11 is 0. The third kappa shape index (κ3) is 2.24. The van der Waals surface area contributed by atoms with Crippen LogP contribution >= 0.6 is 0 Å². The fourth-order valence-corrected chi connectivity index (χ4v) is 5.34. The normalized spacial score (nSPS) is 27.6. The van der Waals surface area contributed by atoms with Gasteiger partial charge in [-0.15, -0.1) is 0 Å². The maximum atomic E-state index is 13.4. The molecule has 6 heteroatoms. The summed E-state index contributed by atoms with van der Waals surface area (Å²) in [6.45, 7) is -0.481. The molecular formula is C16H16FNO3S. The van der Waals surface area contributed by atoms with E-state index < -0.39 is 39.0 Å². The first-order valence-electron chi connectivity index (χ1n) is 6.85. The lowest BCUT2D eigenvalue weighted by atomic mass is 10.1. The van der Waals surface area contributed by atoms with Crippen LogP contribution in [0, 0.1) is 5.82 Å². The molecule has 0 heterocycles. The van der Waals surface area contributed by atoms with Crippen LogP contribution in [0.1, 0.15) is 11.5 Å². The summed E-state index contributed by atoms with van der Waals surface area (Å²) in [5, 5.41) is 8.60. The van der Waals surface area contributed by atoms with Gasteiger partial charge in [-0.05, 0) is 29.8 Å². The molecule has 116 valence electrons. The average Bonchev–Trinajstić information content (AvgIpc) is 3.16. The Morgan fingerprint density at radius 2 is 1.82 bits per heavy atom. The number of hydrogen-bond acceptors (Lipinski definition) is 4. The molecular weight excluding hydrogens is 305 g/mol. The van der Waals surface area contributed by atoms with Crippen molar-refractivity contribution in [3.05, 3.63) is 66.0 Å². The quantitative estimate of drug-likeness (QED) is 0.893. The Balaban J connectivity index is 2.04. The van der Waals surface area contributed by atoms with E-state index in [1.807, 2.05) is 0 Å². The van der Waals surface area contributed by atoms with Gasteiger partial charge >= 0.3 is 0 Å². The van der Waals surface area contributed by atoms with Crippen LogP contribution in [-0.2, 0) is 9.84 Å². The summed E-state index contributed by atoms with van der Waals surface area (Å²) in [6, 6.07) is 13.7. The SMILES string of the molecule is N[C@]1(CO)[C@@H](c2cccc(F)c2)[C@@H]1S(=O)(=O)c1ccccc1. The van der Waals surface area contributed by atoms with Crippen LogP contribution in [0.2, 0.25) is 0 Å².